The molecule has 3 rings (SSSR count). The molecule has 11 heteroatoms. The van der Waals surface area contributed by atoms with E-state index in [1.165, 1.54) is 11.1 Å². The van der Waals surface area contributed by atoms with Gasteiger partial charge < -0.3 is 4.90 Å². The molecule has 2 aromatic rings. The lowest BCUT2D eigenvalue weighted by molar-refractivity contribution is -0.138. The van der Waals surface area contributed by atoms with Gasteiger partial charge in [-0.25, -0.2) is 14.2 Å². The Hall–Kier alpha value is -2.75. The number of alkyl halides is 3. The Kier molecular flexibility index (Phi) is 7.02. The molecule has 32 heavy (non-hydrogen) atoms. The third kappa shape index (κ3) is 5.17. The average Bonchev–Trinajstić information content (AvgIpc) is 3.02. The maximum absolute atomic E-state index is 14.5. The van der Waals surface area contributed by atoms with Gasteiger partial charge in [-0.3, -0.25) is 14.7 Å². The average molecular weight is 473 g/mol. The monoisotopic (exact) mass is 472 g/mol. The van der Waals surface area contributed by atoms with Crippen LogP contribution in [0.5, 0.6) is 0 Å². The summed E-state index contributed by atoms with van der Waals surface area (Å²) in [6, 6.07) is 2.31. The van der Waals surface area contributed by atoms with Crippen LogP contribution >= 0.6 is 11.6 Å². The first-order valence-corrected chi connectivity index (χ1v) is 10.3. The zero-order chi connectivity index (χ0) is 23.6. The van der Waals surface area contributed by atoms with Crippen molar-refractivity contribution in [2.45, 2.75) is 38.9 Å². The second-order valence-electron chi connectivity index (χ2n) is 7.68. The van der Waals surface area contributed by atoms with Crippen molar-refractivity contribution < 1.29 is 27.2 Å². The summed E-state index contributed by atoms with van der Waals surface area (Å²) in [5.41, 5.74) is -0.800. The van der Waals surface area contributed by atoms with E-state index in [4.69, 9.17) is 11.6 Å². The van der Waals surface area contributed by atoms with Crippen LogP contribution in [0.25, 0.3) is 0 Å². The molecule has 0 spiro atoms. The van der Waals surface area contributed by atoms with Crippen molar-refractivity contribution in [2.24, 2.45) is 5.92 Å². The van der Waals surface area contributed by atoms with Gasteiger partial charge in [0.1, 0.15) is 0 Å². The number of ketones is 1. The zero-order valence-corrected chi connectivity index (χ0v) is 18.1. The molecule has 1 saturated heterocycles. The molecule has 1 aliphatic rings. The van der Waals surface area contributed by atoms with Gasteiger partial charge in [0.15, 0.2) is 17.4 Å². The van der Waals surface area contributed by atoms with E-state index in [9.17, 15) is 27.2 Å². The molecule has 6 nitrogen and oxygen atoms in total. The van der Waals surface area contributed by atoms with Crippen molar-refractivity contribution in [1.82, 2.24) is 14.9 Å². The van der Waals surface area contributed by atoms with Gasteiger partial charge in [-0.1, -0.05) is 31.9 Å². The summed E-state index contributed by atoms with van der Waals surface area (Å²) < 4.78 is 53.0. The summed E-state index contributed by atoms with van der Waals surface area (Å²) in [4.78, 5) is 35.6. The third-order valence-electron chi connectivity index (χ3n) is 5.46. The molecule has 172 valence electrons. The minimum Gasteiger partial charge on any atom is -0.312 e. The van der Waals surface area contributed by atoms with Gasteiger partial charge in [0.05, 0.1) is 31.1 Å². The second-order valence-corrected chi connectivity index (χ2v) is 8.12. The summed E-state index contributed by atoms with van der Waals surface area (Å²) in [5.74, 6) is -2.10. The maximum atomic E-state index is 14.5. The number of pyridine rings is 2. The third-order valence-corrected chi connectivity index (χ3v) is 5.69. The van der Waals surface area contributed by atoms with E-state index in [1.54, 1.807) is 12.1 Å². The SMILES string of the molecule is CC[C@H](C)[C@H]1CN(c2ncc(C(F)(F)F)cc2F)C(=O)N1CC(=O)Cc1cc(Cl)ccn1. The van der Waals surface area contributed by atoms with Gasteiger partial charge in [-0.15, -0.1) is 0 Å². The number of hydrogen-bond acceptors (Lipinski definition) is 4. The number of nitrogens with zero attached hydrogens (tertiary/aromatic N) is 4. The van der Waals surface area contributed by atoms with Crippen molar-refractivity contribution in [3.8, 4) is 0 Å². The van der Waals surface area contributed by atoms with Crippen molar-refractivity contribution in [1.29, 1.82) is 0 Å². The Morgan fingerprint density at radius 2 is 2.03 bits per heavy atom. The predicted octanol–water partition coefficient (Wildman–Crippen LogP) is 4.76. The quantitative estimate of drug-likeness (QED) is 0.545. The van der Waals surface area contributed by atoms with Gasteiger partial charge in [-0.2, -0.15) is 13.2 Å². The lowest BCUT2D eigenvalue weighted by atomic mass is 9.98. The highest BCUT2D eigenvalue weighted by atomic mass is 35.5. The molecule has 1 fully saturated rings. The highest BCUT2D eigenvalue weighted by molar-refractivity contribution is 6.30. The van der Waals surface area contributed by atoms with Crippen LogP contribution in [0.1, 0.15) is 31.5 Å². The zero-order valence-electron chi connectivity index (χ0n) is 17.4. The Morgan fingerprint density at radius 1 is 1.31 bits per heavy atom. The van der Waals surface area contributed by atoms with Crippen LogP contribution in [0.15, 0.2) is 30.6 Å². The Balaban J connectivity index is 1.83. The Labute approximate surface area is 187 Å². The molecule has 0 bridgehead atoms. The second kappa shape index (κ2) is 9.40. The van der Waals surface area contributed by atoms with Gasteiger partial charge in [0.25, 0.3) is 0 Å². The van der Waals surface area contributed by atoms with Crippen LogP contribution in [-0.2, 0) is 17.4 Å². The number of carbonyl (C=O) groups excluding carboxylic acids is 2. The number of aromatic nitrogens is 2. The number of rotatable bonds is 7. The molecule has 0 aliphatic carbocycles. The van der Waals surface area contributed by atoms with E-state index in [0.29, 0.717) is 29.4 Å². The minimum absolute atomic E-state index is 0.00577. The summed E-state index contributed by atoms with van der Waals surface area (Å²) >= 11 is 5.91. The molecule has 0 unspecified atom stereocenters. The molecule has 3 heterocycles. The van der Waals surface area contributed by atoms with Crippen LogP contribution in [0.2, 0.25) is 5.02 Å². The van der Waals surface area contributed by atoms with Crippen molar-refractivity contribution in [2.75, 3.05) is 18.0 Å². The molecule has 2 amide bonds. The van der Waals surface area contributed by atoms with E-state index >= 15 is 0 Å². The van der Waals surface area contributed by atoms with E-state index in [-0.39, 0.29) is 31.2 Å². The summed E-state index contributed by atoms with van der Waals surface area (Å²) in [5, 5.41) is 0.424. The van der Waals surface area contributed by atoms with Crippen LogP contribution < -0.4 is 4.90 Å². The lowest BCUT2D eigenvalue weighted by Crippen LogP contribution is -2.42. The highest BCUT2D eigenvalue weighted by Gasteiger charge is 2.43. The number of carbonyl (C=O) groups is 2. The normalized spacial score (nSPS) is 17.7. The molecule has 2 aromatic heterocycles. The number of halogens is 5. The largest absolute Gasteiger partial charge is 0.417 e. The van der Waals surface area contributed by atoms with Gasteiger partial charge >= 0.3 is 12.2 Å². The first-order chi connectivity index (χ1) is 15.0. The molecule has 0 radical (unpaired) electrons. The highest BCUT2D eigenvalue weighted by Crippen LogP contribution is 2.33. The lowest BCUT2D eigenvalue weighted by Gasteiger charge is -2.26. The van der Waals surface area contributed by atoms with Crippen LogP contribution in [-0.4, -0.2) is 45.8 Å². The molecule has 1 aliphatic heterocycles. The predicted molar refractivity (Wildman–Crippen MR) is 110 cm³/mol. The number of anilines is 1. The van der Waals surface area contributed by atoms with E-state index < -0.39 is 35.4 Å². The first-order valence-electron chi connectivity index (χ1n) is 9.94. The van der Waals surface area contributed by atoms with Crippen LogP contribution in [0.4, 0.5) is 28.2 Å². The van der Waals surface area contributed by atoms with Gasteiger partial charge in [-0.05, 0) is 24.1 Å². The van der Waals surface area contributed by atoms with E-state index in [2.05, 4.69) is 9.97 Å². The molecular weight excluding hydrogens is 452 g/mol. The minimum atomic E-state index is -4.76. The van der Waals surface area contributed by atoms with Gasteiger partial charge in [0.2, 0.25) is 0 Å². The fraction of sp³-hybridized carbons (Fsp3) is 0.429. The van der Waals surface area contributed by atoms with Gasteiger partial charge in [0, 0.05) is 23.1 Å². The summed E-state index contributed by atoms with van der Waals surface area (Å²) in [6.45, 7) is 3.55. The van der Waals surface area contributed by atoms with Crippen LogP contribution in [0.3, 0.4) is 0 Å². The van der Waals surface area contributed by atoms with Crippen molar-refractivity contribution in [3.05, 3.63) is 52.7 Å². The molecule has 0 N–H and O–H groups in total. The number of Topliss-reactive ketones (excluding diaryl/α,β-unsaturated/α-hetero) is 1. The molecule has 0 aromatic carbocycles. The Bertz CT molecular complexity index is 1020. The maximum Gasteiger partial charge on any atom is 0.417 e. The number of urea groups is 1. The molecule has 0 saturated carbocycles. The van der Waals surface area contributed by atoms with Crippen molar-refractivity contribution >= 4 is 29.2 Å². The summed E-state index contributed by atoms with van der Waals surface area (Å²) in [7, 11) is 0. The fourth-order valence-corrected chi connectivity index (χ4v) is 3.74. The van der Waals surface area contributed by atoms with Crippen molar-refractivity contribution in [3.63, 3.8) is 0 Å². The topological polar surface area (TPSA) is 66.4 Å². The summed E-state index contributed by atoms with van der Waals surface area (Å²) in [6.07, 6.45) is -2.18. The first kappa shape index (κ1) is 23.9. The van der Waals surface area contributed by atoms with E-state index in [1.807, 2.05) is 13.8 Å². The van der Waals surface area contributed by atoms with E-state index in [0.717, 1.165) is 4.90 Å². The molecular formula is C21H21ClF4N4O2. The smallest absolute Gasteiger partial charge is 0.312 e. The Morgan fingerprint density at radius 3 is 2.62 bits per heavy atom. The standard InChI is InChI=1S/C21H21ClF4N4O2/c1-3-12(2)18-11-30(19-17(23)6-13(9-28-19)21(24,25)26)20(32)29(18)10-16(31)8-15-7-14(22)4-5-27-15/h4-7,9,12,18H,3,8,10-11H2,1-2H3/t12-,18+/m0/s1. The molecule has 2 atom stereocenters. The fourth-order valence-electron chi connectivity index (χ4n) is 3.56. The number of hydrogen-bond donors (Lipinski definition) is 0. The van der Waals surface area contributed by atoms with Crippen LogP contribution in [0, 0.1) is 11.7 Å². The number of amides is 2.